The van der Waals surface area contributed by atoms with Crippen molar-refractivity contribution in [2.45, 2.75) is 19.9 Å². The van der Waals surface area contributed by atoms with Gasteiger partial charge in [0.25, 0.3) is 0 Å². The van der Waals surface area contributed by atoms with Crippen LogP contribution in [0.25, 0.3) is 0 Å². The normalized spacial score (nSPS) is 11.1. The lowest BCUT2D eigenvalue weighted by Gasteiger charge is -2.11. The van der Waals surface area contributed by atoms with E-state index in [1.165, 1.54) is 0 Å². The molecule has 0 aliphatic heterocycles. The van der Waals surface area contributed by atoms with Gasteiger partial charge in [0.2, 0.25) is 0 Å². The largest absolute Gasteiger partial charge is 0.493 e. The average molecular weight is 371 g/mol. The zero-order chi connectivity index (χ0) is 19.3. The Morgan fingerprint density at radius 3 is 2.37 bits per heavy atom. The minimum Gasteiger partial charge on any atom is -0.493 e. The number of hydrogen-bond acceptors (Lipinski definition) is 4. The minimum absolute atomic E-state index is 0.592. The van der Waals surface area contributed by atoms with Crippen molar-refractivity contribution in [2.24, 2.45) is 4.99 Å². The van der Waals surface area contributed by atoms with Gasteiger partial charge in [0, 0.05) is 26.8 Å². The molecule has 0 fully saturated rings. The lowest BCUT2D eigenvalue weighted by atomic mass is 10.2. The Balaban J connectivity index is 1.93. The zero-order valence-corrected chi connectivity index (χ0v) is 16.3. The van der Waals surface area contributed by atoms with E-state index in [0.29, 0.717) is 18.0 Å². The van der Waals surface area contributed by atoms with Gasteiger partial charge in [0.15, 0.2) is 17.5 Å². The molecule has 2 aromatic carbocycles. The molecule has 0 unspecified atom stereocenters. The number of nitrogens with one attached hydrogen (secondary N) is 2. The summed E-state index contributed by atoms with van der Waals surface area (Å²) in [5, 5.41) is 6.55. The number of benzene rings is 2. The summed E-state index contributed by atoms with van der Waals surface area (Å²) in [5.74, 6) is 2.97. The van der Waals surface area contributed by atoms with Crippen molar-refractivity contribution in [3.05, 3.63) is 54.1 Å². The minimum atomic E-state index is 0.592. The van der Waals surface area contributed by atoms with Crippen molar-refractivity contribution in [1.29, 1.82) is 0 Å². The highest BCUT2D eigenvalue weighted by molar-refractivity contribution is 5.79. The maximum Gasteiger partial charge on any atom is 0.191 e. The Morgan fingerprint density at radius 2 is 1.70 bits per heavy atom. The molecule has 0 amide bonds. The number of guanidine groups is 1. The molecular formula is C21H29N3O3. The van der Waals surface area contributed by atoms with Crippen molar-refractivity contribution in [3.8, 4) is 17.2 Å². The first-order valence-electron chi connectivity index (χ1n) is 9.17. The highest BCUT2D eigenvalue weighted by Gasteiger charge is 2.04. The predicted molar refractivity (Wildman–Crippen MR) is 109 cm³/mol. The molecule has 0 radical (unpaired) electrons. The van der Waals surface area contributed by atoms with Crippen LogP contribution in [0.3, 0.4) is 0 Å². The standard InChI is InChI=1S/C21H29N3O3/c1-4-22-21(23-14-7-15-25-2)24-16-17-10-12-18(13-11-17)27-20-9-6-5-8-19(20)26-3/h5-6,8-13H,4,7,14-16H2,1-3H3,(H2,22,23,24). The molecule has 0 heterocycles. The van der Waals surface area contributed by atoms with Gasteiger partial charge in [0.1, 0.15) is 5.75 Å². The predicted octanol–water partition coefficient (Wildman–Crippen LogP) is 3.58. The Labute approximate surface area is 161 Å². The molecule has 0 atom stereocenters. The van der Waals surface area contributed by atoms with E-state index >= 15 is 0 Å². The second kappa shape index (κ2) is 11.8. The number of ether oxygens (including phenoxy) is 3. The zero-order valence-electron chi connectivity index (χ0n) is 16.3. The van der Waals surface area contributed by atoms with E-state index in [1.54, 1.807) is 14.2 Å². The number of nitrogens with zero attached hydrogens (tertiary/aromatic N) is 1. The molecule has 2 rings (SSSR count). The van der Waals surface area contributed by atoms with Crippen molar-refractivity contribution in [1.82, 2.24) is 10.6 Å². The number of aliphatic imine (C=N–C) groups is 1. The molecule has 0 spiro atoms. The van der Waals surface area contributed by atoms with Crippen LogP contribution in [0.2, 0.25) is 0 Å². The van der Waals surface area contributed by atoms with Crippen LogP contribution < -0.4 is 20.1 Å². The SMILES string of the molecule is CCNC(=NCc1ccc(Oc2ccccc2OC)cc1)NCCCOC. The number of methoxy groups -OCH3 is 2. The summed E-state index contributed by atoms with van der Waals surface area (Å²) in [6, 6.07) is 15.5. The summed E-state index contributed by atoms with van der Waals surface area (Å²) in [6.45, 7) is 5.03. The maximum absolute atomic E-state index is 5.90. The van der Waals surface area contributed by atoms with E-state index in [2.05, 4.69) is 22.5 Å². The van der Waals surface area contributed by atoms with Gasteiger partial charge in [0.05, 0.1) is 13.7 Å². The second-order valence-corrected chi connectivity index (χ2v) is 5.87. The fourth-order valence-electron chi connectivity index (χ4n) is 2.43. The molecule has 146 valence electrons. The van der Waals surface area contributed by atoms with Crippen molar-refractivity contribution in [3.63, 3.8) is 0 Å². The van der Waals surface area contributed by atoms with Crippen LogP contribution in [-0.2, 0) is 11.3 Å². The third-order valence-corrected chi connectivity index (χ3v) is 3.80. The monoisotopic (exact) mass is 371 g/mol. The first-order valence-corrected chi connectivity index (χ1v) is 9.17. The highest BCUT2D eigenvalue weighted by atomic mass is 16.5. The van der Waals surface area contributed by atoms with Gasteiger partial charge < -0.3 is 24.8 Å². The van der Waals surface area contributed by atoms with Crippen LogP contribution in [0.15, 0.2) is 53.5 Å². The van der Waals surface area contributed by atoms with E-state index in [-0.39, 0.29) is 0 Å². The fraction of sp³-hybridized carbons (Fsp3) is 0.381. The second-order valence-electron chi connectivity index (χ2n) is 5.87. The van der Waals surface area contributed by atoms with Crippen molar-refractivity contribution >= 4 is 5.96 Å². The van der Waals surface area contributed by atoms with Crippen LogP contribution in [0.4, 0.5) is 0 Å². The summed E-state index contributed by atoms with van der Waals surface area (Å²) in [6.07, 6.45) is 0.940. The fourth-order valence-corrected chi connectivity index (χ4v) is 2.43. The van der Waals surface area contributed by atoms with E-state index < -0.39 is 0 Å². The molecule has 0 aliphatic carbocycles. The number of rotatable bonds is 10. The Kier molecular flexibility index (Phi) is 9.00. The number of hydrogen-bond donors (Lipinski definition) is 2. The van der Waals surface area contributed by atoms with Gasteiger partial charge in [-0.2, -0.15) is 0 Å². The van der Waals surface area contributed by atoms with E-state index in [9.17, 15) is 0 Å². The highest BCUT2D eigenvalue weighted by Crippen LogP contribution is 2.30. The summed E-state index contributed by atoms with van der Waals surface area (Å²) in [5.41, 5.74) is 1.11. The summed E-state index contributed by atoms with van der Waals surface area (Å²) in [7, 11) is 3.34. The molecule has 0 saturated carbocycles. The first kappa shape index (κ1) is 20.6. The Hall–Kier alpha value is -2.73. The average Bonchev–Trinajstić information content (AvgIpc) is 2.71. The van der Waals surface area contributed by atoms with Crippen LogP contribution in [0.5, 0.6) is 17.2 Å². The van der Waals surface area contributed by atoms with Gasteiger partial charge >= 0.3 is 0 Å². The molecule has 0 saturated heterocycles. The molecule has 2 N–H and O–H groups in total. The summed E-state index contributed by atoms with van der Waals surface area (Å²) >= 11 is 0. The molecule has 6 nitrogen and oxygen atoms in total. The molecule has 0 aromatic heterocycles. The lowest BCUT2D eigenvalue weighted by molar-refractivity contribution is 0.195. The topological polar surface area (TPSA) is 64.1 Å². The molecule has 6 heteroatoms. The first-order chi connectivity index (χ1) is 13.3. The lowest BCUT2D eigenvalue weighted by Crippen LogP contribution is -2.38. The molecular weight excluding hydrogens is 342 g/mol. The van der Waals surface area contributed by atoms with Gasteiger partial charge in [-0.3, -0.25) is 0 Å². The summed E-state index contributed by atoms with van der Waals surface area (Å²) in [4.78, 5) is 4.62. The molecule has 2 aromatic rings. The van der Waals surface area contributed by atoms with Crippen LogP contribution in [0, 0.1) is 0 Å². The molecule has 0 bridgehead atoms. The van der Waals surface area contributed by atoms with Crippen LogP contribution in [0.1, 0.15) is 18.9 Å². The number of para-hydroxylation sites is 2. The molecule has 27 heavy (non-hydrogen) atoms. The third-order valence-electron chi connectivity index (χ3n) is 3.80. The van der Waals surface area contributed by atoms with Crippen molar-refractivity contribution < 1.29 is 14.2 Å². The van der Waals surface area contributed by atoms with Gasteiger partial charge in [-0.1, -0.05) is 24.3 Å². The van der Waals surface area contributed by atoms with Gasteiger partial charge in [-0.05, 0) is 43.2 Å². The van der Waals surface area contributed by atoms with Crippen LogP contribution >= 0.6 is 0 Å². The van der Waals surface area contributed by atoms with Gasteiger partial charge in [-0.15, -0.1) is 0 Å². The Morgan fingerprint density at radius 1 is 0.963 bits per heavy atom. The molecule has 0 aliphatic rings. The smallest absolute Gasteiger partial charge is 0.191 e. The van der Waals surface area contributed by atoms with E-state index in [4.69, 9.17) is 14.2 Å². The maximum atomic E-state index is 5.90. The van der Waals surface area contributed by atoms with E-state index in [0.717, 1.165) is 43.4 Å². The Bertz CT molecular complexity index is 702. The van der Waals surface area contributed by atoms with Crippen molar-refractivity contribution in [2.75, 3.05) is 33.9 Å². The summed E-state index contributed by atoms with van der Waals surface area (Å²) < 4.78 is 16.3. The van der Waals surface area contributed by atoms with Crippen LogP contribution in [-0.4, -0.2) is 39.9 Å². The van der Waals surface area contributed by atoms with E-state index in [1.807, 2.05) is 48.5 Å². The quantitative estimate of drug-likeness (QED) is 0.380. The third kappa shape index (κ3) is 7.19. The van der Waals surface area contributed by atoms with Gasteiger partial charge in [-0.25, -0.2) is 4.99 Å².